The largest absolute Gasteiger partial charge is 0.489 e. The molecule has 2 aliphatic heterocycles. The number of benzene rings is 2. The zero-order valence-electron chi connectivity index (χ0n) is 20.6. The van der Waals surface area contributed by atoms with Gasteiger partial charge in [0.05, 0.1) is 6.54 Å². The van der Waals surface area contributed by atoms with Crippen molar-refractivity contribution in [2.45, 2.75) is 51.9 Å². The van der Waals surface area contributed by atoms with E-state index in [4.69, 9.17) is 18.9 Å². The average Bonchev–Trinajstić information content (AvgIpc) is 2.85. The predicted molar refractivity (Wildman–Crippen MR) is 131 cm³/mol. The second kappa shape index (κ2) is 10.9. The van der Waals surface area contributed by atoms with Crippen LogP contribution in [0, 0.1) is 5.92 Å². The molecule has 0 radical (unpaired) electrons. The van der Waals surface area contributed by atoms with Gasteiger partial charge in [-0.3, -0.25) is 4.79 Å². The Kier molecular flexibility index (Phi) is 7.68. The molecule has 2 aliphatic rings. The number of nitrogens with one attached hydrogen (secondary N) is 1. The Bertz CT molecular complexity index is 1010. The van der Waals surface area contributed by atoms with E-state index in [9.17, 15) is 9.59 Å². The quantitative estimate of drug-likeness (QED) is 0.665. The minimum atomic E-state index is -0.527. The fourth-order valence-corrected chi connectivity index (χ4v) is 4.04. The molecule has 1 saturated heterocycles. The summed E-state index contributed by atoms with van der Waals surface area (Å²) < 4.78 is 23.2. The van der Waals surface area contributed by atoms with Crippen LogP contribution >= 0.6 is 0 Å². The van der Waals surface area contributed by atoms with Crippen LogP contribution < -0.4 is 19.5 Å². The van der Waals surface area contributed by atoms with Gasteiger partial charge in [0.1, 0.15) is 30.7 Å². The molecule has 0 bridgehead atoms. The van der Waals surface area contributed by atoms with Crippen molar-refractivity contribution >= 4 is 12.0 Å². The minimum Gasteiger partial charge on any atom is -0.489 e. The molecule has 2 amide bonds. The molecule has 188 valence electrons. The number of rotatable bonds is 6. The SMILES string of the molecule is CC(C)(C)OC(=O)N1CCC(C(=O)NCC2COc3ccc(OCc4ccccc4)cc3O2)CC1. The van der Waals surface area contributed by atoms with Gasteiger partial charge < -0.3 is 29.2 Å². The fraction of sp³-hybridized carbons (Fsp3) is 0.481. The summed E-state index contributed by atoms with van der Waals surface area (Å²) in [6.07, 6.45) is 0.600. The van der Waals surface area contributed by atoms with E-state index in [0.717, 1.165) is 5.56 Å². The predicted octanol–water partition coefficient (Wildman–Crippen LogP) is 4.17. The van der Waals surface area contributed by atoms with E-state index < -0.39 is 5.60 Å². The van der Waals surface area contributed by atoms with Crippen LogP contribution in [0.5, 0.6) is 17.2 Å². The summed E-state index contributed by atoms with van der Waals surface area (Å²) in [5, 5.41) is 2.99. The Morgan fingerprint density at radius 3 is 2.51 bits per heavy atom. The highest BCUT2D eigenvalue weighted by Gasteiger charge is 2.30. The number of hydrogen-bond acceptors (Lipinski definition) is 6. The maximum absolute atomic E-state index is 12.7. The number of fused-ring (bicyclic) bond motifs is 1. The fourth-order valence-electron chi connectivity index (χ4n) is 4.04. The number of piperidine rings is 1. The standard InChI is InChI=1S/C27H34N2O6/c1-27(2,3)35-26(31)29-13-11-20(12-14-29)25(30)28-16-22-18-33-23-10-9-21(15-24(23)34-22)32-17-19-7-5-4-6-8-19/h4-10,15,20,22H,11-14,16-18H2,1-3H3,(H,28,30). The van der Waals surface area contributed by atoms with E-state index in [1.807, 2.05) is 69.3 Å². The molecule has 8 heteroatoms. The van der Waals surface area contributed by atoms with E-state index >= 15 is 0 Å². The van der Waals surface area contributed by atoms with E-state index in [0.29, 0.717) is 62.9 Å². The zero-order valence-corrected chi connectivity index (χ0v) is 20.6. The molecule has 8 nitrogen and oxygen atoms in total. The molecule has 2 heterocycles. The van der Waals surface area contributed by atoms with E-state index in [1.165, 1.54) is 0 Å². The number of likely N-dealkylation sites (tertiary alicyclic amines) is 1. The lowest BCUT2D eigenvalue weighted by Gasteiger charge is -2.33. The summed E-state index contributed by atoms with van der Waals surface area (Å²) in [6, 6.07) is 15.5. The van der Waals surface area contributed by atoms with Gasteiger partial charge in [-0.2, -0.15) is 0 Å². The molecule has 1 atom stereocenters. The van der Waals surface area contributed by atoms with Crippen molar-refractivity contribution in [3.05, 3.63) is 54.1 Å². The molecule has 0 aromatic heterocycles. The van der Waals surface area contributed by atoms with Crippen LogP contribution in [-0.4, -0.2) is 54.8 Å². The Morgan fingerprint density at radius 1 is 1.06 bits per heavy atom. The molecule has 0 spiro atoms. The molecule has 2 aromatic carbocycles. The van der Waals surface area contributed by atoms with Gasteiger partial charge in [0.15, 0.2) is 11.5 Å². The average molecular weight is 483 g/mol. The Labute approximate surface area is 206 Å². The summed E-state index contributed by atoms with van der Waals surface area (Å²) >= 11 is 0. The third kappa shape index (κ3) is 7.04. The Hall–Kier alpha value is -3.42. The number of nitrogens with zero attached hydrogens (tertiary/aromatic N) is 1. The van der Waals surface area contributed by atoms with Crippen LogP contribution in [-0.2, 0) is 16.1 Å². The van der Waals surface area contributed by atoms with Crippen LogP contribution in [0.2, 0.25) is 0 Å². The molecule has 2 aromatic rings. The monoisotopic (exact) mass is 482 g/mol. The number of hydrogen-bond donors (Lipinski definition) is 1. The van der Waals surface area contributed by atoms with Crippen molar-refractivity contribution in [1.82, 2.24) is 10.2 Å². The number of carbonyl (C=O) groups is 2. The first kappa shape index (κ1) is 24.7. The molecule has 1 N–H and O–H groups in total. The van der Waals surface area contributed by atoms with Crippen molar-refractivity contribution in [2.24, 2.45) is 5.92 Å². The Morgan fingerprint density at radius 2 is 1.80 bits per heavy atom. The first-order chi connectivity index (χ1) is 16.8. The topological polar surface area (TPSA) is 86.3 Å². The van der Waals surface area contributed by atoms with Crippen LogP contribution in [0.3, 0.4) is 0 Å². The molecule has 1 unspecified atom stereocenters. The third-order valence-corrected chi connectivity index (χ3v) is 5.90. The molecule has 0 saturated carbocycles. The summed E-state index contributed by atoms with van der Waals surface area (Å²) in [6.45, 7) is 7.72. The number of carbonyl (C=O) groups excluding carboxylic acids is 2. The summed E-state index contributed by atoms with van der Waals surface area (Å²) in [5.74, 6) is 1.80. The lowest BCUT2D eigenvalue weighted by Crippen LogP contribution is -2.47. The zero-order chi connectivity index (χ0) is 24.8. The molecular weight excluding hydrogens is 448 g/mol. The van der Waals surface area contributed by atoms with Crippen molar-refractivity contribution in [3.63, 3.8) is 0 Å². The lowest BCUT2D eigenvalue weighted by molar-refractivity contribution is -0.127. The van der Waals surface area contributed by atoms with E-state index in [2.05, 4.69) is 5.32 Å². The summed E-state index contributed by atoms with van der Waals surface area (Å²) in [5.41, 5.74) is 0.556. The highest BCUT2D eigenvalue weighted by atomic mass is 16.6. The van der Waals surface area contributed by atoms with E-state index in [1.54, 1.807) is 4.90 Å². The lowest BCUT2D eigenvalue weighted by atomic mass is 9.96. The van der Waals surface area contributed by atoms with Gasteiger partial charge in [-0.25, -0.2) is 4.79 Å². The highest BCUT2D eigenvalue weighted by Crippen LogP contribution is 2.35. The van der Waals surface area contributed by atoms with Gasteiger partial charge in [-0.1, -0.05) is 30.3 Å². The third-order valence-electron chi connectivity index (χ3n) is 5.90. The van der Waals surface area contributed by atoms with Gasteiger partial charge in [0.2, 0.25) is 5.91 Å². The number of ether oxygens (including phenoxy) is 4. The maximum Gasteiger partial charge on any atom is 0.410 e. The van der Waals surface area contributed by atoms with Crippen molar-refractivity contribution < 1.29 is 28.5 Å². The van der Waals surface area contributed by atoms with Crippen LogP contribution in [0.4, 0.5) is 4.79 Å². The Balaban J connectivity index is 1.22. The maximum atomic E-state index is 12.7. The molecule has 4 rings (SSSR count). The van der Waals surface area contributed by atoms with Crippen molar-refractivity contribution in [1.29, 1.82) is 0 Å². The molecule has 1 fully saturated rings. The number of amides is 2. The van der Waals surface area contributed by atoms with Crippen LogP contribution in [0.1, 0.15) is 39.2 Å². The molecule has 35 heavy (non-hydrogen) atoms. The van der Waals surface area contributed by atoms with Gasteiger partial charge in [-0.15, -0.1) is 0 Å². The second-order valence-corrected chi connectivity index (χ2v) is 9.92. The van der Waals surface area contributed by atoms with Crippen LogP contribution in [0.25, 0.3) is 0 Å². The van der Waals surface area contributed by atoms with Gasteiger partial charge in [0.25, 0.3) is 0 Å². The summed E-state index contributed by atoms with van der Waals surface area (Å²) in [7, 11) is 0. The van der Waals surface area contributed by atoms with E-state index in [-0.39, 0.29) is 24.0 Å². The van der Waals surface area contributed by atoms with Crippen LogP contribution in [0.15, 0.2) is 48.5 Å². The summed E-state index contributed by atoms with van der Waals surface area (Å²) in [4.78, 5) is 26.6. The second-order valence-electron chi connectivity index (χ2n) is 9.92. The molecular formula is C27H34N2O6. The van der Waals surface area contributed by atoms with Crippen molar-refractivity contribution in [2.75, 3.05) is 26.2 Å². The highest BCUT2D eigenvalue weighted by molar-refractivity contribution is 5.79. The smallest absolute Gasteiger partial charge is 0.410 e. The van der Waals surface area contributed by atoms with Gasteiger partial charge in [0, 0.05) is 25.1 Å². The van der Waals surface area contributed by atoms with Gasteiger partial charge in [-0.05, 0) is 51.3 Å². The first-order valence-corrected chi connectivity index (χ1v) is 12.1. The molecule has 0 aliphatic carbocycles. The first-order valence-electron chi connectivity index (χ1n) is 12.1. The van der Waals surface area contributed by atoms with Gasteiger partial charge >= 0.3 is 6.09 Å². The van der Waals surface area contributed by atoms with Crippen molar-refractivity contribution in [3.8, 4) is 17.2 Å². The minimum absolute atomic E-state index is 0.0248. The normalized spacial score (nSPS) is 18.0.